The van der Waals surface area contributed by atoms with Crippen LogP contribution in [0.3, 0.4) is 0 Å². The largest absolute Gasteiger partial charge is 0.492 e. The van der Waals surface area contributed by atoms with E-state index in [2.05, 4.69) is 13.8 Å². The van der Waals surface area contributed by atoms with E-state index in [4.69, 9.17) is 35.3 Å². The summed E-state index contributed by atoms with van der Waals surface area (Å²) < 4.78 is 27.3. The molecule has 0 saturated carbocycles. The molecule has 10 heteroatoms. The summed E-state index contributed by atoms with van der Waals surface area (Å²) in [6.07, 6.45) is 11.3. The minimum absolute atomic E-state index is 0.181. The summed E-state index contributed by atoms with van der Waals surface area (Å²) in [6.45, 7) is 6.69. The summed E-state index contributed by atoms with van der Waals surface area (Å²) in [6, 6.07) is 24.4. The molecule has 4 aromatic rings. The van der Waals surface area contributed by atoms with Gasteiger partial charge in [-0.05, 0) is 104 Å². The number of benzene rings is 4. The second-order valence-corrected chi connectivity index (χ2v) is 13.7. The van der Waals surface area contributed by atoms with Crippen molar-refractivity contribution in [3.05, 3.63) is 113 Å². The highest BCUT2D eigenvalue weighted by Gasteiger charge is 2.21. The Morgan fingerprint density at radius 2 is 1.00 bits per heavy atom. The maximum absolute atomic E-state index is 12.9. The lowest BCUT2D eigenvalue weighted by Crippen LogP contribution is -2.26. The first kappa shape index (κ1) is 42.6. The lowest BCUT2D eigenvalue weighted by atomic mass is 10.0. The molecule has 0 fully saturated rings. The third kappa shape index (κ3) is 14.2. The number of ether oxygens (including phenoxy) is 5. The fraction of sp³-hybridized carbons (Fsp3) is 0.378. The molecule has 0 radical (unpaired) electrons. The molecule has 0 saturated heterocycles. The lowest BCUT2D eigenvalue weighted by Gasteiger charge is -2.13. The number of hydrogen-bond acceptors (Lipinski definition) is 9. The van der Waals surface area contributed by atoms with E-state index in [0.29, 0.717) is 22.9 Å². The molecule has 9 nitrogen and oxygen atoms in total. The molecule has 1 unspecified atom stereocenters. The van der Waals surface area contributed by atoms with Crippen LogP contribution in [-0.2, 0) is 14.3 Å². The van der Waals surface area contributed by atoms with Gasteiger partial charge in [-0.15, -0.1) is 0 Å². The van der Waals surface area contributed by atoms with E-state index in [1.807, 2.05) is 30.3 Å². The van der Waals surface area contributed by atoms with Crippen LogP contribution in [0, 0.1) is 0 Å². The molecule has 0 heterocycles. The minimum atomic E-state index is -1.06. The van der Waals surface area contributed by atoms with E-state index in [9.17, 15) is 19.2 Å². The van der Waals surface area contributed by atoms with E-state index in [1.165, 1.54) is 87.6 Å². The summed E-state index contributed by atoms with van der Waals surface area (Å²) in [7, 11) is 0. The molecule has 292 valence electrons. The molecule has 0 N–H and O–H groups in total. The van der Waals surface area contributed by atoms with Gasteiger partial charge in [0, 0.05) is 0 Å². The summed E-state index contributed by atoms with van der Waals surface area (Å²) in [5, 5.41) is 0.533. The van der Waals surface area contributed by atoms with Gasteiger partial charge in [-0.3, -0.25) is 0 Å². The van der Waals surface area contributed by atoms with Gasteiger partial charge in [-0.2, -0.15) is 0 Å². The van der Waals surface area contributed by atoms with Crippen molar-refractivity contribution in [3.8, 4) is 28.4 Å². The van der Waals surface area contributed by atoms with Crippen LogP contribution in [0.15, 0.2) is 91.0 Å². The van der Waals surface area contributed by atoms with Crippen LogP contribution in [-0.4, -0.2) is 43.2 Å². The Labute approximate surface area is 329 Å². The Hall–Kier alpha value is -5.15. The molecular formula is C45H51ClO9. The highest BCUT2D eigenvalue weighted by Crippen LogP contribution is 2.31. The molecule has 4 aromatic carbocycles. The van der Waals surface area contributed by atoms with Crippen molar-refractivity contribution in [1.82, 2.24) is 0 Å². The van der Waals surface area contributed by atoms with Gasteiger partial charge in [0.15, 0.2) is 6.10 Å². The number of halogens is 1. The molecule has 4 rings (SSSR count). The smallest absolute Gasteiger partial charge is 0.347 e. The predicted octanol–water partition coefficient (Wildman–Crippen LogP) is 11.2. The Bertz CT molecular complexity index is 1820. The van der Waals surface area contributed by atoms with E-state index in [0.717, 1.165) is 49.7 Å². The molecule has 0 spiro atoms. The molecular weight excluding hydrogens is 720 g/mol. The normalized spacial score (nSPS) is 11.3. The first-order valence-corrected chi connectivity index (χ1v) is 19.6. The van der Waals surface area contributed by atoms with Crippen LogP contribution in [0.5, 0.6) is 17.2 Å². The number of unbranched alkanes of at least 4 members (excludes halogenated alkanes) is 9. The standard InChI is InChI=1S/C45H51ClO9/c1-4-6-8-10-11-12-14-29-51-41-28-23-37(31-40(41)46)33-15-17-34(18-16-33)44(49)54-39-26-21-36(22-27-39)45(50)55-38-24-19-35(20-25-38)43(48)53-32(3)42(47)52-30-13-9-7-5-2/h15-28,31-32H,4-14,29-30H2,1-3H3. The highest BCUT2D eigenvalue weighted by atomic mass is 35.5. The fourth-order valence-corrected chi connectivity index (χ4v) is 5.82. The summed E-state index contributed by atoms with van der Waals surface area (Å²) in [5.41, 5.74) is 2.54. The van der Waals surface area contributed by atoms with Gasteiger partial charge in [0.25, 0.3) is 0 Å². The summed E-state index contributed by atoms with van der Waals surface area (Å²) >= 11 is 6.52. The molecule has 0 bridgehead atoms. The zero-order chi connectivity index (χ0) is 39.4. The third-order valence-corrected chi connectivity index (χ3v) is 9.15. The summed E-state index contributed by atoms with van der Waals surface area (Å²) in [5.74, 6) is -1.40. The van der Waals surface area contributed by atoms with Crippen LogP contribution >= 0.6 is 11.6 Å². The number of esters is 4. The first-order valence-electron chi connectivity index (χ1n) is 19.2. The Morgan fingerprint density at radius 1 is 0.545 bits per heavy atom. The monoisotopic (exact) mass is 770 g/mol. The predicted molar refractivity (Wildman–Crippen MR) is 213 cm³/mol. The average molecular weight is 771 g/mol. The van der Waals surface area contributed by atoms with Crippen LogP contribution < -0.4 is 14.2 Å². The van der Waals surface area contributed by atoms with E-state index in [1.54, 1.807) is 12.1 Å². The van der Waals surface area contributed by atoms with Crippen LogP contribution in [0.4, 0.5) is 0 Å². The molecule has 0 aliphatic carbocycles. The fourth-order valence-electron chi connectivity index (χ4n) is 5.58. The molecule has 55 heavy (non-hydrogen) atoms. The molecule has 1 atom stereocenters. The van der Waals surface area contributed by atoms with Gasteiger partial charge >= 0.3 is 23.9 Å². The Balaban J connectivity index is 1.21. The number of rotatable bonds is 22. The number of hydrogen-bond donors (Lipinski definition) is 0. The van der Waals surface area contributed by atoms with Gasteiger partial charge in [-0.1, -0.05) is 101 Å². The van der Waals surface area contributed by atoms with Gasteiger partial charge in [0.05, 0.1) is 34.9 Å². The van der Waals surface area contributed by atoms with Crippen molar-refractivity contribution in [1.29, 1.82) is 0 Å². The van der Waals surface area contributed by atoms with E-state index < -0.39 is 30.0 Å². The minimum Gasteiger partial charge on any atom is -0.492 e. The van der Waals surface area contributed by atoms with Crippen molar-refractivity contribution in [3.63, 3.8) is 0 Å². The maximum atomic E-state index is 12.9. The summed E-state index contributed by atoms with van der Waals surface area (Å²) in [4.78, 5) is 50.3. The van der Waals surface area contributed by atoms with Crippen molar-refractivity contribution in [2.24, 2.45) is 0 Å². The molecule has 0 aliphatic heterocycles. The number of carbonyl (C=O) groups excluding carboxylic acids is 4. The zero-order valence-corrected chi connectivity index (χ0v) is 32.7. The van der Waals surface area contributed by atoms with Crippen molar-refractivity contribution in [2.75, 3.05) is 13.2 Å². The van der Waals surface area contributed by atoms with E-state index in [-0.39, 0.29) is 29.2 Å². The van der Waals surface area contributed by atoms with E-state index >= 15 is 0 Å². The second-order valence-electron chi connectivity index (χ2n) is 13.3. The SMILES string of the molecule is CCCCCCCCCOc1ccc(-c2ccc(C(=O)Oc3ccc(C(=O)Oc4ccc(C(=O)OC(C)C(=O)OCCCCCC)cc4)cc3)cc2)cc1Cl. The average Bonchev–Trinajstić information content (AvgIpc) is 3.19. The van der Waals surface area contributed by atoms with Gasteiger partial charge in [0.2, 0.25) is 0 Å². The Morgan fingerprint density at radius 3 is 1.55 bits per heavy atom. The topological polar surface area (TPSA) is 114 Å². The lowest BCUT2D eigenvalue weighted by molar-refractivity contribution is -0.153. The third-order valence-electron chi connectivity index (χ3n) is 8.85. The maximum Gasteiger partial charge on any atom is 0.347 e. The zero-order valence-electron chi connectivity index (χ0n) is 32.0. The van der Waals surface area contributed by atoms with Gasteiger partial charge in [0.1, 0.15) is 17.2 Å². The van der Waals surface area contributed by atoms with Crippen molar-refractivity contribution in [2.45, 2.75) is 97.5 Å². The highest BCUT2D eigenvalue weighted by molar-refractivity contribution is 6.32. The van der Waals surface area contributed by atoms with Gasteiger partial charge < -0.3 is 23.7 Å². The second kappa shape index (κ2) is 22.9. The van der Waals surface area contributed by atoms with Crippen molar-refractivity contribution >= 4 is 35.5 Å². The Kier molecular flexibility index (Phi) is 17.8. The molecule has 0 aliphatic rings. The quantitative estimate of drug-likeness (QED) is 0.0437. The van der Waals surface area contributed by atoms with Crippen LogP contribution in [0.1, 0.15) is 122 Å². The van der Waals surface area contributed by atoms with Crippen LogP contribution in [0.25, 0.3) is 11.1 Å². The van der Waals surface area contributed by atoms with Crippen molar-refractivity contribution < 1.29 is 42.9 Å². The van der Waals surface area contributed by atoms with Gasteiger partial charge in [-0.25, -0.2) is 19.2 Å². The molecule has 0 amide bonds. The first-order chi connectivity index (χ1) is 26.7. The molecule has 0 aromatic heterocycles. The number of carbonyl (C=O) groups is 4. The van der Waals surface area contributed by atoms with Crippen LogP contribution in [0.2, 0.25) is 5.02 Å².